The molecule has 0 aromatic carbocycles. The van der Waals surface area contributed by atoms with Crippen LogP contribution in [0.5, 0.6) is 0 Å². The van der Waals surface area contributed by atoms with Crippen LogP contribution in [0.2, 0.25) is 0 Å². The molecule has 0 unspecified atom stereocenters. The molecule has 0 atom stereocenters. The van der Waals surface area contributed by atoms with E-state index < -0.39 is 11.5 Å². The summed E-state index contributed by atoms with van der Waals surface area (Å²) in [5.41, 5.74) is -0.663. The summed E-state index contributed by atoms with van der Waals surface area (Å²) in [6.45, 7) is 8.04. The lowest BCUT2D eigenvalue weighted by atomic mass is 9.90. The zero-order chi connectivity index (χ0) is 13.4. The summed E-state index contributed by atoms with van der Waals surface area (Å²) >= 11 is 0. The van der Waals surface area contributed by atoms with E-state index >= 15 is 0 Å². The van der Waals surface area contributed by atoms with Gasteiger partial charge in [0.25, 0.3) is 0 Å². The number of aliphatic carboxylic acids is 1. The molecule has 1 rings (SSSR count). The number of carboxylic acids is 1. The molecule has 106 valence electrons. The van der Waals surface area contributed by atoms with E-state index in [2.05, 4.69) is 24.1 Å². The predicted octanol–water partition coefficient (Wildman–Crippen LogP) is 2.10. The van der Waals surface area contributed by atoms with Crippen LogP contribution in [-0.2, 0) is 4.79 Å². The molecule has 0 amide bonds. The van der Waals surface area contributed by atoms with E-state index in [1.54, 1.807) is 0 Å². The summed E-state index contributed by atoms with van der Waals surface area (Å²) in [6.07, 6.45) is 5.97. The molecule has 0 radical (unpaired) electrons. The van der Waals surface area contributed by atoms with Gasteiger partial charge in [-0.3, -0.25) is 4.79 Å². The van der Waals surface area contributed by atoms with E-state index in [-0.39, 0.29) is 0 Å². The number of hydrogen-bond acceptors (Lipinski definition) is 3. The lowest BCUT2D eigenvalue weighted by Crippen LogP contribution is -2.53. The van der Waals surface area contributed by atoms with Gasteiger partial charge >= 0.3 is 5.97 Å². The third-order valence-corrected chi connectivity index (χ3v) is 4.15. The normalized spacial score (nSPS) is 19.7. The molecule has 0 saturated heterocycles. The van der Waals surface area contributed by atoms with E-state index in [0.29, 0.717) is 0 Å². The average Bonchev–Trinajstić information content (AvgIpc) is 2.61. The Kier molecular flexibility index (Phi) is 6.65. The predicted molar refractivity (Wildman–Crippen MR) is 73.9 cm³/mol. The van der Waals surface area contributed by atoms with Crippen LogP contribution in [0.25, 0.3) is 0 Å². The maximum absolute atomic E-state index is 11.6. The van der Waals surface area contributed by atoms with Crippen molar-refractivity contribution >= 4 is 5.97 Å². The van der Waals surface area contributed by atoms with Crippen LogP contribution in [0.3, 0.4) is 0 Å². The number of carboxylic acid groups (broad SMARTS) is 1. The second-order valence-electron chi connectivity index (χ2n) is 5.26. The summed E-state index contributed by atoms with van der Waals surface area (Å²) in [4.78, 5) is 13.9. The maximum Gasteiger partial charge on any atom is 0.323 e. The molecule has 18 heavy (non-hydrogen) atoms. The van der Waals surface area contributed by atoms with Crippen molar-refractivity contribution in [1.29, 1.82) is 0 Å². The summed E-state index contributed by atoms with van der Waals surface area (Å²) in [6, 6.07) is 0. The van der Waals surface area contributed by atoms with Crippen molar-refractivity contribution in [2.24, 2.45) is 0 Å². The van der Waals surface area contributed by atoms with Crippen LogP contribution in [0.4, 0.5) is 0 Å². The fourth-order valence-electron chi connectivity index (χ4n) is 2.79. The maximum atomic E-state index is 11.6. The second-order valence-corrected chi connectivity index (χ2v) is 5.26. The van der Waals surface area contributed by atoms with Gasteiger partial charge in [-0.15, -0.1) is 0 Å². The zero-order valence-corrected chi connectivity index (χ0v) is 11.9. The van der Waals surface area contributed by atoms with E-state index in [1.165, 1.54) is 12.8 Å². The monoisotopic (exact) mass is 256 g/mol. The Labute approximate surface area is 111 Å². The second kappa shape index (κ2) is 7.74. The lowest BCUT2D eigenvalue weighted by molar-refractivity contribution is -0.145. The smallest absolute Gasteiger partial charge is 0.323 e. The Morgan fingerprint density at radius 3 is 2.17 bits per heavy atom. The fourth-order valence-corrected chi connectivity index (χ4v) is 2.79. The van der Waals surface area contributed by atoms with Crippen LogP contribution >= 0.6 is 0 Å². The van der Waals surface area contributed by atoms with Gasteiger partial charge in [0.15, 0.2) is 0 Å². The largest absolute Gasteiger partial charge is 0.480 e. The molecule has 1 aliphatic carbocycles. The summed E-state index contributed by atoms with van der Waals surface area (Å²) in [5, 5.41) is 12.8. The highest BCUT2D eigenvalue weighted by atomic mass is 16.4. The van der Waals surface area contributed by atoms with Crippen molar-refractivity contribution in [1.82, 2.24) is 10.2 Å². The van der Waals surface area contributed by atoms with Gasteiger partial charge in [0.2, 0.25) is 0 Å². The van der Waals surface area contributed by atoms with Crippen molar-refractivity contribution in [3.63, 3.8) is 0 Å². The van der Waals surface area contributed by atoms with Crippen LogP contribution in [0.1, 0.15) is 52.4 Å². The summed E-state index contributed by atoms with van der Waals surface area (Å²) in [5.74, 6) is -0.663. The number of rotatable bonds is 7. The lowest BCUT2D eigenvalue weighted by Gasteiger charge is -2.30. The molecule has 0 bridgehead atoms. The Morgan fingerprint density at radius 2 is 1.72 bits per heavy atom. The zero-order valence-electron chi connectivity index (χ0n) is 11.9. The molecule has 4 nitrogen and oxygen atoms in total. The summed E-state index contributed by atoms with van der Waals surface area (Å²) < 4.78 is 0. The molecule has 4 heteroatoms. The van der Waals surface area contributed by atoms with E-state index in [0.717, 1.165) is 51.9 Å². The van der Waals surface area contributed by atoms with Gasteiger partial charge < -0.3 is 15.3 Å². The van der Waals surface area contributed by atoms with Crippen LogP contribution < -0.4 is 5.32 Å². The minimum atomic E-state index is -0.663. The quantitative estimate of drug-likeness (QED) is 0.685. The Bertz CT molecular complexity index is 244. The number of carbonyl (C=O) groups is 1. The van der Waals surface area contributed by atoms with Crippen LogP contribution in [0.15, 0.2) is 0 Å². The van der Waals surface area contributed by atoms with Gasteiger partial charge in [-0.05, 0) is 25.9 Å². The van der Waals surface area contributed by atoms with E-state index in [9.17, 15) is 9.90 Å². The number of nitrogens with one attached hydrogen (secondary N) is 1. The minimum absolute atomic E-state index is 0.663. The van der Waals surface area contributed by atoms with Gasteiger partial charge in [0.1, 0.15) is 5.54 Å². The molecule has 0 aromatic rings. The average molecular weight is 256 g/mol. The van der Waals surface area contributed by atoms with Crippen LogP contribution in [-0.4, -0.2) is 47.7 Å². The first-order chi connectivity index (χ1) is 8.64. The Hall–Kier alpha value is -0.610. The van der Waals surface area contributed by atoms with Crippen molar-refractivity contribution in [2.75, 3.05) is 26.2 Å². The molecule has 1 aliphatic rings. The molecular weight excluding hydrogens is 228 g/mol. The number of hydrogen-bond donors (Lipinski definition) is 2. The molecule has 0 heterocycles. The van der Waals surface area contributed by atoms with E-state index in [4.69, 9.17) is 0 Å². The van der Waals surface area contributed by atoms with Gasteiger partial charge in [-0.1, -0.05) is 39.5 Å². The van der Waals surface area contributed by atoms with Crippen LogP contribution in [0, 0.1) is 0 Å². The standard InChI is InChI=1S/C14H28N2O2/c1-3-16(4-2)12-11-15-14(13(17)18)9-7-5-6-8-10-14/h15H,3-12H2,1-2H3,(H,17,18). The van der Waals surface area contributed by atoms with Gasteiger partial charge in [-0.25, -0.2) is 0 Å². The number of nitrogens with zero attached hydrogens (tertiary/aromatic N) is 1. The first-order valence-electron chi connectivity index (χ1n) is 7.35. The van der Waals surface area contributed by atoms with Crippen molar-refractivity contribution in [3.05, 3.63) is 0 Å². The molecular formula is C14H28N2O2. The molecule has 0 aliphatic heterocycles. The Morgan fingerprint density at radius 1 is 1.17 bits per heavy atom. The van der Waals surface area contributed by atoms with Crippen molar-refractivity contribution in [3.8, 4) is 0 Å². The van der Waals surface area contributed by atoms with Gasteiger partial charge in [0, 0.05) is 13.1 Å². The van der Waals surface area contributed by atoms with Gasteiger partial charge in [-0.2, -0.15) is 0 Å². The minimum Gasteiger partial charge on any atom is -0.480 e. The highest BCUT2D eigenvalue weighted by Crippen LogP contribution is 2.27. The molecule has 0 aromatic heterocycles. The Balaban J connectivity index is 2.49. The fraction of sp³-hybridized carbons (Fsp3) is 0.929. The highest BCUT2D eigenvalue weighted by Gasteiger charge is 2.37. The first-order valence-corrected chi connectivity index (χ1v) is 7.35. The van der Waals surface area contributed by atoms with Crippen molar-refractivity contribution < 1.29 is 9.90 Å². The topological polar surface area (TPSA) is 52.6 Å². The molecule has 0 spiro atoms. The number of likely N-dealkylation sites (N-methyl/N-ethyl adjacent to an activating group) is 1. The first kappa shape index (κ1) is 15.4. The summed E-state index contributed by atoms with van der Waals surface area (Å²) in [7, 11) is 0. The van der Waals surface area contributed by atoms with Crippen molar-refractivity contribution in [2.45, 2.75) is 57.9 Å². The SMILES string of the molecule is CCN(CC)CCNC1(C(=O)O)CCCCCC1. The molecule has 1 fully saturated rings. The molecule has 2 N–H and O–H groups in total. The van der Waals surface area contributed by atoms with Gasteiger partial charge in [0.05, 0.1) is 0 Å². The third-order valence-electron chi connectivity index (χ3n) is 4.15. The van der Waals surface area contributed by atoms with E-state index in [1.807, 2.05) is 0 Å². The third kappa shape index (κ3) is 4.25. The molecule has 1 saturated carbocycles. The highest BCUT2D eigenvalue weighted by molar-refractivity contribution is 5.78.